The van der Waals surface area contributed by atoms with E-state index in [-0.39, 0.29) is 13.2 Å². The Hall–Kier alpha value is -2.76. The quantitative estimate of drug-likeness (QED) is 0.237. The zero-order valence-corrected chi connectivity index (χ0v) is 17.4. The Morgan fingerprint density at radius 3 is 2.80 bits per heavy atom. The number of aldehydes is 2. The zero-order valence-electron chi connectivity index (χ0n) is 16.5. The third-order valence-electron chi connectivity index (χ3n) is 4.07. The molecule has 0 aliphatic carbocycles. The highest BCUT2D eigenvalue weighted by molar-refractivity contribution is 7.45. The van der Waals surface area contributed by atoms with Crippen molar-refractivity contribution in [3.05, 3.63) is 42.6 Å². The van der Waals surface area contributed by atoms with Crippen LogP contribution in [0.15, 0.2) is 42.6 Å². The number of nitrogens with one attached hydrogen (secondary N) is 2. The highest BCUT2D eigenvalue weighted by Crippen LogP contribution is 2.37. The van der Waals surface area contributed by atoms with E-state index in [1.54, 1.807) is 12.1 Å². The van der Waals surface area contributed by atoms with E-state index in [2.05, 4.69) is 16.3 Å². The minimum absolute atomic E-state index is 0.0700. The van der Waals surface area contributed by atoms with Gasteiger partial charge in [-0.1, -0.05) is 24.1 Å². The summed E-state index contributed by atoms with van der Waals surface area (Å²) in [6.45, 7) is 0.207. The second-order valence-corrected chi connectivity index (χ2v) is 7.35. The predicted molar refractivity (Wildman–Crippen MR) is 111 cm³/mol. The Bertz CT molecular complexity index is 770. The summed E-state index contributed by atoms with van der Waals surface area (Å²) in [6.07, 6.45) is 8.70. The molecular weight excluding hydrogens is 409 g/mol. The van der Waals surface area contributed by atoms with Gasteiger partial charge in [0, 0.05) is 13.2 Å². The molecule has 1 aromatic carbocycles. The summed E-state index contributed by atoms with van der Waals surface area (Å²) in [5, 5.41) is 5.38. The van der Waals surface area contributed by atoms with Crippen molar-refractivity contribution in [3.8, 4) is 18.1 Å². The topological polar surface area (TPSA) is 106 Å². The largest absolute Gasteiger partial charge is 0.436 e. The summed E-state index contributed by atoms with van der Waals surface area (Å²) in [4.78, 5) is 34.8. The molecule has 0 bridgehead atoms. The summed E-state index contributed by atoms with van der Waals surface area (Å²) < 4.78 is 17.5. The third-order valence-corrected chi connectivity index (χ3v) is 5.27. The Morgan fingerprint density at radius 1 is 1.40 bits per heavy atom. The number of carbonyl (C=O) groups is 3. The first kappa shape index (κ1) is 23.5. The van der Waals surface area contributed by atoms with E-state index in [0.717, 1.165) is 0 Å². The molecule has 1 aliphatic heterocycles. The van der Waals surface area contributed by atoms with Gasteiger partial charge in [-0.2, -0.15) is 0 Å². The molecule has 9 nitrogen and oxygen atoms in total. The summed E-state index contributed by atoms with van der Waals surface area (Å²) in [5.41, 5.74) is 0. The van der Waals surface area contributed by atoms with Crippen LogP contribution in [0.1, 0.15) is 6.42 Å². The highest BCUT2D eigenvalue weighted by Gasteiger charge is 2.39. The molecule has 160 valence electrons. The molecule has 2 amide bonds. The number of nitrogens with zero attached hydrogens (tertiary/aromatic N) is 1. The fraction of sp³-hybridized carbons (Fsp3) is 0.350. The summed E-state index contributed by atoms with van der Waals surface area (Å²) >= 11 is 0. The predicted octanol–water partition coefficient (Wildman–Crippen LogP) is 1.82. The van der Waals surface area contributed by atoms with Gasteiger partial charge in [-0.25, -0.2) is 9.88 Å². The van der Waals surface area contributed by atoms with Crippen molar-refractivity contribution >= 4 is 27.1 Å². The molecule has 1 heterocycles. The van der Waals surface area contributed by atoms with E-state index >= 15 is 0 Å². The number of hydrogen-bond acceptors (Lipinski definition) is 7. The Labute approximate surface area is 176 Å². The molecule has 0 radical (unpaired) electrons. The zero-order chi connectivity index (χ0) is 21.8. The average Bonchev–Trinajstić information content (AvgIpc) is 3.19. The number of hydrogen-bond donors (Lipinski definition) is 2. The second-order valence-electron chi connectivity index (χ2n) is 6.08. The number of urea groups is 1. The van der Waals surface area contributed by atoms with Gasteiger partial charge in [-0.15, -0.1) is 6.42 Å². The van der Waals surface area contributed by atoms with Gasteiger partial charge < -0.3 is 23.9 Å². The SMILES string of the molecule is C#CC1CC(COP(NCC=O)Oc2ccccc2)OC1N(/C=C\C=O)C(=O)NC. The van der Waals surface area contributed by atoms with Crippen LogP contribution < -0.4 is 14.9 Å². The van der Waals surface area contributed by atoms with Gasteiger partial charge in [0.1, 0.15) is 18.3 Å². The van der Waals surface area contributed by atoms with Gasteiger partial charge in [0.25, 0.3) is 0 Å². The molecule has 0 aromatic heterocycles. The molecule has 1 aromatic rings. The van der Waals surface area contributed by atoms with E-state index < -0.39 is 32.8 Å². The number of rotatable bonds is 11. The first-order valence-electron chi connectivity index (χ1n) is 9.19. The molecule has 2 rings (SSSR count). The van der Waals surface area contributed by atoms with Crippen LogP contribution in [0, 0.1) is 18.3 Å². The minimum atomic E-state index is -1.60. The van der Waals surface area contributed by atoms with Gasteiger partial charge >= 0.3 is 14.6 Å². The first-order valence-corrected chi connectivity index (χ1v) is 10.4. The van der Waals surface area contributed by atoms with E-state index in [1.165, 1.54) is 24.2 Å². The van der Waals surface area contributed by atoms with Crippen molar-refractivity contribution in [1.82, 2.24) is 15.3 Å². The molecule has 0 saturated carbocycles. The lowest BCUT2D eigenvalue weighted by Gasteiger charge is -2.27. The monoisotopic (exact) mass is 433 g/mol. The molecule has 1 fully saturated rings. The number of benzene rings is 1. The molecule has 1 saturated heterocycles. The number of allylic oxidation sites excluding steroid dienone is 1. The lowest BCUT2D eigenvalue weighted by Crippen LogP contribution is -2.44. The van der Waals surface area contributed by atoms with Gasteiger partial charge in [-0.3, -0.25) is 9.69 Å². The smallest absolute Gasteiger partial charge is 0.323 e. The van der Waals surface area contributed by atoms with Gasteiger partial charge in [0.15, 0.2) is 6.23 Å². The van der Waals surface area contributed by atoms with Crippen molar-refractivity contribution in [2.75, 3.05) is 20.2 Å². The lowest BCUT2D eigenvalue weighted by molar-refractivity contribution is -0.107. The van der Waals surface area contributed by atoms with Crippen LogP contribution in [0.3, 0.4) is 0 Å². The lowest BCUT2D eigenvalue weighted by atomic mass is 10.0. The summed E-state index contributed by atoms with van der Waals surface area (Å²) in [6, 6.07) is 8.60. The van der Waals surface area contributed by atoms with Crippen molar-refractivity contribution in [1.29, 1.82) is 0 Å². The molecule has 10 heteroatoms. The van der Waals surface area contributed by atoms with Crippen LogP contribution in [0.4, 0.5) is 4.79 Å². The maximum absolute atomic E-state index is 12.2. The van der Waals surface area contributed by atoms with Crippen LogP contribution in [-0.2, 0) is 18.8 Å². The molecule has 30 heavy (non-hydrogen) atoms. The van der Waals surface area contributed by atoms with Crippen LogP contribution in [0.25, 0.3) is 0 Å². The number of carbonyl (C=O) groups excluding carboxylic acids is 3. The van der Waals surface area contributed by atoms with E-state index in [4.69, 9.17) is 20.2 Å². The fourth-order valence-corrected chi connectivity index (χ4v) is 3.78. The Balaban J connectivity index is 2.01. The maximum Gasteiger partial charge on any atom is 0.323 e. The van der Waals surface area contributed by atoms with Crippen molar-refractivity contribution in [2.24, 2.45) is 5.92 Å². The van der Waals surface area contributed by atoms with Gasteiger partial charge in [-0.05, 0) is 24.6 Å². The van der Waals surface area contributed by atoms with E-state index in [1.807, 2.05) is 18.2 Å². The Kier molecular flexibility index (Phi) is 9.98. The van der Waals surface area contributed by atoms with E-state index in [0.29, 0.717) is 24.7 Å². The number of terminal acetylenes is 1. The van der Waals surface area contributed by atoms with Crippen LogP contribution >= 0.6 is 8.53 Å². The number of amides is 2. The van der Waals surface area contributed by atoms with Crippen LogP contribution in [-0.4, -0.2) is 56.0 Å². The maximum atomic E-state index is 12.2. The average molecular weight is 433 g/mol. The van der Waals surface area contributed by atoms with Gasteiger partial charge in [0.2, 0.25) is 0 Å². The van der Waals surface area contributed by atoms with Crippen LogP contribution in [0.2, 0.25) is 0 Å². The highest BCUT2D eigenvalue weighted by atomic mass is 31.2. The summed E-state index contributed by atoms with van der Waals surface area (Å²) in [5.74, 6) is 2.83. The third kappa shape index (κ3) is 6.94. The van der Waals surface area contributed by atoms with Crippen molar-refractivity contribution in [3.63, 3.8) is 0 Å². The summed E-state index contributed by atoms with van der Waals surface area (Å²) in [7, 11) is -0.129. The standard InChI is InChI=1S/C20H24N3O6P/c1-3-16-14-18(28-19(16)23(11-7-12-24)20(26)21-2)15-27-30(22-10-13-25)29-17-8-5-4-6-9-17/h1,4-9,11-13,16,18-19,22H,10,14-15H2,2H3,(H,21,26)/b11-7-. The number of ether oxygens (including phenoxy) is 1. The van der Waals surface area contributed by atoms with E-state index in [9.17, 15) is 14.4 Å². The van der Waals surface area contributed by atoms with Crippen molar-refractivity contribution < 1.29 is 28.2 Å². The molecular formula is C20H24N3O6P. The Morgan fingerprint density at radius 2 is 2.17 bits per heavy atom. The molecule has 4 unspecified atom stereocenters. The van der Waals surface area contributed by atoms with Gasteiger partial charge in [0.05, 0.1) is 25.2 Å². The molecule has 0 spiro atoms. The molecule has 4 atom stereocenters. The fourth-order valence-electron chi connectivity index (χ4n) is 2.73. The minimum Gasteiger partial charge on any atom is -0.436 e. The van der Waals surface area contributed by atoms with Crippen molar-refractivity contribution in [2.45, 2.75) is 18.8 Å². The number of para-hydroxylation sites is 1. The van der Waals surface area contributed by atoms with Crippen LogP contribution in [0.5, 0.6) is 5.75 Å². The molecule has 1 aliphatic rings. The normalized spacial score (nSPS) is 21.5. The molecule has 2 N–H and O–H groups in total. The first-order chi connectivity index (χ1) is 14.6. The second kappa shape index (κ2) is 12.7.